The Morgan fingerprint density at radius 1 is 1.29 bits per heavy atom. The van der Waals surface area contributed by atoms with Gasteiger partial charge in [-0.25, -0.2) is 4.39 Å². The predicted molar refractivity (Wildman–Crippen MR) is 46.1 cm³/mol. The van der Waals surface area contributed by atoms with Gasteiger partial charge in [0.1, 0.15) is 5.82 Å². The number of halogens is 4. The van der Waals surface area contributed by atoms with E-state index in [2.05, 4.69) is 0 Å². The number of rotatable bonds is 2. The molecule has 1 aromatic rings. The van der Waals surface area contributed by atoms with Crippen molar-refractivity contribution in [3.05, 3.63) is 24.0 Å². The van der Waals surface area contributed by atoms with Crippen molar-refractivity contribution in [2.75, 3.05) is 5.43 Å². The van der Waals surface area contributed by atoms with Gasteiger partial charge in [-0.05, 0) is 23.9 Å². The van der Waals surface area contributed by atoms with E-state index in [1.165, 1.54) is 6.07 Å². The van der Waals surface area contributed by atoms with Crippen molar-refractivity contribution in [3.8, 4) is 0 Å². The van der Waals surface area contributed by atoms with Crippen LogP contribution in [-0.4, -0.2) is 5.51 Å². The molecule has 14 heavy (non-hydrogen) atoms. The van der Waals surface area contributed by atoms with E-state index < -0.39 is 23.1 Å². The molecule has 7 heteroatoms. The summed E-state index contributed by atoms with van der Waals surface area (Å²) in [6.45, 7) is 0. The van der Waals surface area contributed by atoms with E-state index >= 15 is 0 Å². The van der Waals surface area contributed by atoms with Crippen LogP contribution in [0.3, 0.4) is 0 Å². The molecule has 3 N–H and O–H groups in total. The molecule has 0 aliphatic heterocycles. The van der Waals surface area contributed by atoms with Gasteiger partial charge in [0.05, 0.1) is 5.69 Å². The highest BCUT2D eigenvalue weighted by Gasteiger charge is 2.30. The van der Waals surface area contributed by atoms with Crippen LogP contribution in [0.2, 0.25) is 0 Å². The van der Waals surface area contributed by atoms with E-state index in [1.807, 2.05) is 5.43 Å². The van der Waals surface area contributed by atoms with Crippen molar-refractivity contribution < 1.29 is 17.6 Å². The van der Waals surface area contributed by atoms with Crippen molar-refractivity contribution in [2.24, 2.45) is 5.84 Å². The third-order valence-electron chi connectivity index (χ3n) is 1.35. The number of para-hydroxylation sites is 1. The Morgan fingerprint density at radius 2 is 1.93 bits per heavy atom. The second kappa shape index (κ2) is 4.05. The second-order valence-corrected chi connectivity index (χ2v) is 3.41. The summed E-state index contributed by atoms with van der Waals surface area (Å²) in [6, 6.07) is 3.34. The van der Waals surface area contributed by atoms with Gasteiger partial charge in [0, 0.05) is 4.90 Å². The minimum Gasteiger partial charge on any atom is -0.321 e. The van der Waals surface area contributed by atoms with E-state index in [0.717, 1.165) is 12.1 Å². The molecule has 2 nitrogen and oxygen atoms in total. The van der Waals surface area contributed by atoms with Gasteiger partial charge >= 0.3 is 5.51 Å². The standard InChI is InChI=1S/C7H6F4N2S/c8-4-2-1-3-5(6(4)13-12)14-7(9,10)11/h1-3,13H,12H2. The summed E-state index contributed by atoms with van der Waals surface area (Å²) >= 11 is -0.416. The van der Waals surface area contributed by atoms with Crippen LogP contribution in [0.5, 0.6) is 0 Å². The fourth-order valence-corrected chi connectivity index (χ4v) is 1.51. The zero-order valence-electron chi connectivity index (χ0n) is 6.73. The summed E-state index contributed by atoms with van der Waals surface area (Å²) in [7, 11) is 0. The van der Waals surface area contributed by atoms with Gasteiger partial charge < -0.3 is 5.43 Å². The first-order valence-electron chi connectivity index (χ1n) is 3.45. The molecule has 78 valence electrons. The SMILES string of the molecule is NNc1c(F)cccc1SC(F)(F)F. The summed E-state index contributed by atoms with van der Waals surface area (Å²) in [6.07, 6.45) is 0. The van der Waals surface area contributed by atoms with E-state index in [1.54, 1.807) is 0 Å². The topological polar surface area (TPSA) is 38.0 Å². The molecule has 1 aromatic carbocycles. The van der Waals surface area contributed by atoms with Crippen molar-refractivity contribution in [2.45, 2.75) is 10.4 Å². The molecule has 0 unspecified atom stereocenters. The molecule has 0 aromatic heterocycles. The Morgan fingerprint density at radius 3 is 2.43 bits per heavy atom. The zero-order valence-corrected chi connectivity index (χ0v) is 7.55. The van der Waals surface area contributed by atoms with Crippen LogP contribution >= 0.6 is 11.8 Å². The van der Waals surface area contributed by atoms with Gasteiger partial charge in [-0.3, -0.25) is 5.84 Å². The predicted octanol–water partition coefficient (Wildman–Crippen LogP) is 2.72. The van der Waals surface area contributed by atoms with E-state index in [-0.39, 0.29) is 10.6 Å². The van der Waals surface area contributed by atoms with Crippen LogP contribution in [0.25, 0.3) is 0 Å². The number of thioether (sulfide) groups is 1. The Kier molecular flexibility index (Phi) is 3.22. The lowest BCUT2D eigenvalue weighted by atomic mass is 10.3. The first-order chi connectivity index (χ1) is 6.44. The highest BCUT2D eigenvalue weighted by atomic mass is 32.2. The maximum absolute atomic E-state index is 12.9. The van der Waals surface area contributed by atoms with Crippen LogP contribution in [0.1, 0.15) is 0 Å². The molecule has 0 atom stereocenters. The smallest absolute Gasteiger partial charge is 0.321 e. The first kappa shape index (κ1) is 11.1. The molecule has 0 heterocycles. The van der Waals surface area contributed by atoms with E-state index in [0.29, 0.717) is 0 Å². The van der Waals surface area contributed by atoms with Crippen LogP contribution in [-0.2, 0) is 0 Å². The average Bonchev–Trinajstić information content (AvgIpc) is 2.01. The Labute approximate surface area is 81.4 Å². The molecule has 0 saturated carbocycles. The fraction of sp³-hybridized carbons (Fsp3) is 0.143. The quantitative estimate of drug-likeness (QED) is 0.352. The molecule has 0 fully saturated rings. The number of anilines is 1. The number of nitrogen functional groups attached to an aromatic ring is 1. The Bertz CT molecular complexity index is 326. The molecule has 0 aliphatic carbocycles. The molecule has 0 amide bonds. The summed E-state index contributed by atoms with van der Waals surface area (Å²) in [5, 5.41) is 0. The van der Waals surface area contributed by atoms with E-state index in [4.69, 9.17) is 5.84 Å². The largest absolute Gasteiger partial charge is 0.446 e. The lowest BCUT2D eigenvalue weighted by molar-refractivity contribution is -0.0327. The summed E-state index contributed by atoms with van der Waals surface area (Å²) < 4.78 is 48.8. The number of hydrogen-bond acceptors (Lipinski definition) is 3. The van der Waals surface area contributed by atoms with Crippen molar-refractivity contribution in [1.29, 1.82) is 0 Å². The van der Waals surface area contributed by atoms with Crippen LogP contribution < -0.4 is 11.3 Å². The normalized spacial score (nSPS) is 11.5. The molecule has 0 radical (unpaired) electrons. The lowest BCUT2D eigenvalue weighted by Crippen LogP contribution is -2.11. The summed E-state index contributed by atoms with van der Waals surface area (Å²) in [5.74, 6) is 4.08. The number of nitrogens with two attached hydrogens (primary N) is 1. The highest BCUT2D eigenvalue weighted by Crippen LogP contribution is 2.40. The van der Waals surface area contributed by atoms with Crippen molar-refractivity contribution in [3.63, 3.8) is 0 Å². The minimum atomic E-state index is -4.46. The second-order valence-electron chi connectivity index (χ2n) is 2.31. The third kappa shape index (κ3) is 2.78. The minimum absolute atomic E-state index is 0.292. The van der Waals surface area contributed by atoms with Gasteiger partial charge in [0.15, 0.2) is 0 Å². The van der Waals surface area contributed by atoms with Crippen molar-refractivity contribution >= 4 is 17.4 Å². The Hall–Kier alpha value is -0.950. The van der Waals surface area contributed by atoms with Gasteiger partial charge in [-0.15, -0.1) is 0 Å². The number of benzene rings is 1. The van der Waals surface area contributed by atoms with Crippen molar-refractivity contribution in [1.82, 2.24) is 0 Å². The van der Waals surface area contributed by atoms with Gasteiger partial charge in [0.25, 0.3) is 0 Å². The number of nitrogens with one attached hydrogen (secondary N) is 1. The Balaban J connectivity index is 3.02. The fourth-order valence-electron chi connectivity index (χ4n) is 0.854. The van der Waals surface area contributed by atoms with Gasteiger partial charge in [0.2, 0.25) is 0 Å². The molecular formula is C7H6F4N2S. The van der Waals surface area contributed by atoms with E-state index in [9.17, 15) is 17.6 Å². The van der Waals surface area contributed by atoms with Crippen LogP contribution in [0.4, 0.5) is 23.2 Å². The molecule has 0 bridgehead atoms. The third-order valence-corrected chi connectivity index (χ3v) is 2.14. The highest BCUT2D eigenvalue weighted by molar-refractivity contribution is 8.00. The maximum atomic E-state index is 12.9. The van der Waals surface area contributed by atoms with Gasteiger partial charge in [-0.2, -0.15) is 13.2 Å². The summed E-state index contributed by atoms with van der Waals surface area (Å²) in [5.41, 5.74) is -2.92. The summed E-state index contributed by atoms with van der Waals surface area (Å²) in [4.78, 5) is -0.292. The maximum Gasteiger partial charge on any atom is 0.446 e. The number of alkyl halides is 3. The average molecular weight is 226 g/mol. The lowest BCUT2D eigenvalue weighted by Gasteiger charge is -2.10. The molecule has 0 saturated heterocycles. The monoisotopic (exact) mass is 226 g/mol. The van der Waals surface area contributed by atoms with Gasteiger partial charge in [-0.1, -0.05) is 6.07 Å². The molecular weight excluding hydrogens is 220 g/mol. The van der Waals surface area contributed by atoms with Crippen LogP contribution in [0, 0.1) is 5.82 Å². The first-order valence-corrected chi connectivity index (χ1v) is 4.26. The van der Waals surface area contributed by atoms with Crippen LogP contribution in [0.15, 0.2) is 23.1 Å². The molecule has 0 spiro atoms. The number of hydrogen-bond donors (Lipinski definition) is 2. The number of hydrazine groups is 1. The molecule has 1 rings (SSSR count). The molecule has 0 aliphatic rings. The zero-order chi connectivity index (χ0) is 10.8.